The van der Waals surface area contributed by atoms with Gasteiger partial charge in [-0.25, -0.2) is 0 Å². The summed E-state index contributed by atoms with van der Waals surface area (Å²) in [5, 5.41) is 10.5. The van der Waals surface area contributed by atoms with E-state index in [1.165, 1.54) is 12.8 Å². The Kier molecular flexibility index (Phi) is 19.0. The number of rotatable bonds is 20. The zero-order chi connectivity index (χ0) is 20.3. The molecule has 0 amide bonds. The summed E-state index contributed by atoms with van der Waals surface area (Å²) in [4.78, 5) is 0. The minimum Gasteiger partial charge on any atom is -0.380 e. The van der Waals surface area contributed by atoms with Gasteiger partial charge in [-0.2, -0.15) is 0 Å². The van der Waals surface area contributed by atoms with Gasteiger partial charge in [-0.3, -0.25) is 0 Å². The molecule has 0 aromatic carbocycles. The normalized spacial score (nSPS) is 14.2. The number of hydrogen-bond donors (Lipinski definition) is 3. The molecule has 5 heteroatoms. The maximum Gasteiger partial charge on any atom is 0.0616 e. The Labute approximate surface area is 169 Å². The summed E-state index contributed by atoms with van der Waals surface area (Å²) in [6.45, 7) is 21.0. The van der Waals surface area contributed by atoms with E-state index in [1.54, 1.807) is 0 Å². The fourth-order valence-electron chi connectivity index (χ4n) is 2.55. The first-order chi connectivity index (χ1) is 12.9. The molecule has 2 atom stereocenters. The maximum atomic E-state index is 5.74. The van der Waals surface area contributed by atoms with Crippen molar-refractivity contribution in [3.8, 4) is 0 Å². The summed E-state index contributed by atoms with van der Waals surface area (Å²) in [5.41, 5.74) is 0. The Morgan fingerprint density at radius 3 is 1.37 bits per heavy atom. The zero-order valence-corrected chi connectivity index (χ0v) is 19.1. The van der Waals surface area contributed by atoms with Crippen LogP contribution in [0.25, 0.3) is 0 Å². The Morgan fingerprint density at radius 2 is 1.00 bits per heavy atom. The van der Waals surface area contributed by atoms with Gasteiger partial charge >= 0.3 is 0 Å². The molecule has 0 saturated carbocycles. The predicted octanol–water partition coefficient (Wildman–Crippen LogP) is 3.44. The van der Waals surface area contributed by atoms with Gasteiger partial charge in [0, 0.05) is 25.3 Å². The molecule has 164 valence electrons. The largest absolute Gasteiger partial charge is 0.380 e. The number of hydrogen-bond acceptors (Lipinski definition) is 5. The molecule has 0 bridgehead atoms. The second-order valence-electron chi connectivity index (χ2n) is 8.72. The van der Waals surface area contributed by atoms with Gasteiger partial charge in [0.1, 0.15) is 0 Å². The lowest BCUT2D eigenvalue weighted by atomic mass is 10.2. The fourth-order valence-corrected chi connectivity index (χ4v) is 2.55. The Morgan fingerprint density at radius 1 is 0.593 bits per heavy atom. The van der Waals surface area contributed by atoms with Gasteiger partial charge in [0.05, 0.1) is 13.2 Å². The molecular weight excluding hydrogens is 338 g/mol. The van der Waals surface area contributed by atoms with Gasteiger partial charge in [-0.15, -0.1) is 0 Å². The van der Waals surface area contributed by atoms with Crippen LogP contribution in [0.15, 0.2) is 0 Å². The van der Waals surface area contributed by atoms with Crippen molar-refractivity contribution in [3.05, 3.63) is 0 Å². The second-order valence-corrected chi connectivity index (χ2v) is 8.72. The van der Waals surface area contributed by atoms with E-state index in [4.69, 9.17) is 9.47 Å². The third-order valence-corrected chi connectivity index (χ3v) is 4.27. The second kappa shape index (κ2) is 19.1. The third kappa shape index (κ3) is 22.0. The van der Waals surface area contributed by atoms with Crippen LogP contribution >= 0.6 is 0 Å². The molecule has 0 spiro atoms. The van der Waals surface area contributed by atoms with Crippen LogP contribution in [-0.2, 0) is 9.47 Å². The van der Waals surface area contributed by atoms with E-state index >= 15 is 0 Å². The smallest absolute Gasteiger partial charge is 0.0616 e. The van der Waals surface area contributed by atoms with E-state index in [0.717, 1.165) is 65.4 Å². The summed E-state index contributed by atoms with van der Waals surface area (Å²) in [5.74, 6) is 1.39. The lowest BCUT2D eigenvalue weighted by molar-refractivity contribution is 0.110. The molecule has 3 N–H and O–H groups in total. The minimum atomic E-state index is 0.446. The molecule has 0 aliphatic heterocycles. The summed E-state index contributed by atoms with van der Waals surface area (Å²) >= 11 is 0. The molecule has 2 unspecified atom stereocenters. The van der Waals surface area contributed by atoms with Gasteiger partial charge in [0.2, 0.25) is 0 Å². The van der Waals surface area contributed by atoms with E-state index in [0.29, 0.717) is 23.9 Å². The highest BCUT2D eigenvalue weighted by Gasteiger charge is 2.03. The number of nitrogens with one attached hydrogen (secondary N) is 3. The number of ether oxygens (including phenoxy) is 2. The van der Waals surface area contributed by atoms with Crippen molar-refractivity contribution in [1.29, 1.82) is 0 Å². The van der Waals surface area contributed by atoms with Crippen molar-refractivity contribution in [3.63, 3.8) is 0 Å². The summed E-state index contributed by atoms with van der Waals surface area (Å²) in [7, 11) is 0. The highest BCUT2D eigenvalue weighted by Crippen LogP contribution is 1.95. The molecule has 0 aliphatic carbocycles. The predicted molar refractivity (Wildman–Crippen MR) is 118 cm³/mol. The van der Waals surface area contributed by atoms with Gasteiger partial charge in [0.25, 0.3) is 0 Å². The Balaban J connectivity index is 3.19. The van der Waals surface area contributed by atoms with E-state index in [-0.39, 0.29) is 0 Å². The zero-order valence-electron chi connectivity index (χ0n) is 19.1. The third-order valence-electron chi connectivity index (χ3n) is 4.27. The average Bonchev–Trinajstić information content (AvgIpc) is 2.62. The molecule has 5 nitrogen and oxygen atoms in total. The summed E-state index contributed by atoms with van der Waals surface area (Å²) < 4.78 is 11.5. The lowest BCUT2D eigenvalue weighted by Gasteiger charge is -2.16. The fraction of sp³-hybridized carbons (Fsp3) is 1.00. The standard InChI is InChI=1S/C22H49N3O2/c1-19(2)15-24-21(5)17-26-13-9-7-11-23-12-8-10-14-27-18-22(6)25-16-20(3)4/h19-25H,7-18H2,1-6H3. The van der Waals surface area contributed by atoms with Crippen molar-refractivity contribution < 1.29 is 9.47 Å². The van der Waals surface area contributed by atoms with Crippen LogP contribution in [0.4, 0.5) is 0 Å². The minimum absolute atomic E-state index is 0.446. The SMILES string of the molecule is CC(C)CNC(C)COCCCCNCCCCOCC(C)NCC(C)C. The highest BCUT2D eigenvalue weighted by atomic mass is 16.5. The van der Waals surface area contributed by atoms with Crippen molar-refractivity contribution in [2.24, 2.45) is 11.8 Å². The van der Waals surface area contributed by atoms with Crippen molar-refractivity contribution in [1.82, 2.24) is 16.0 Å². The van der Waals surface area contributed by atoms with Crippen LogP contribution in [0.1, 0.15) is 67.2 Å². The van der Waals surface area contributed by atoms with Crippen LogP contribution in [0.3, 0.4) is 0 Å². The number of unbranched alkanes of at least 4 members (excludes halogenated alkanes) is 2. The van der Waals surface area contributed by atoms with Crippen LogP contribution in [0, 0.1) is 11.8 Å². The molecule has 0 aromatic heterocycles. The van der Waals surface area contributed by atoms with Crippen molar-refractivity contribution in [2.45, 2.75) is 79.3 Å². The average molecular weight is 388 g/mol. The van der Waals surface area contributed by atoms with Crippen LogP contribution in [0.2, 0.25) is 0 Å². The van der Waals surface area contributed by atoms with Crippen LogP contribution < -0.4 is 16.0 Å². The van der Waals surface area contributed by atoms with Gasteiger partial charge in [-0.1, -0.05) is 27.7 Å². The van der Waals surface area contributed by atoms with E-state index in [2.05, 4.69) is 57.5 Å². The Hall–Kier alpha value is -0.200. The first kappa shape index (κ1) is 26.8. The maximum absolute atomic E-state index is 5.74. The Bertz CT molecular complexity index is 273. The summed E-state index contributed by atoms with van der Waals surface area (Å²) in [6.07, 6.45) is 4.63. The van der Waals surface area contributed by atoms with Gasteiger partial charge in [0.15, 0.2) is 0 Å². The monoisotopic (exact) mass is 387 g/mol. The molecule has 0 aromatic rings. The molecule has 0 rings (SSSR count). The van der Waals surface area contributed by atoms with Crippen LogP contribution in [0.5, 0.6) is 0 Å². The summed E-state index contributed by atoms with van der Waals surface area (Å²) in [6, 6.07) is 0.892. The first-order valence-corrected chi connectivity index (χ1v) is 11.2. The van der Waals surface area contributed by atoms with Crippen LogP contribution in [-0.4, -0.2) is 64.7 Å². The highest BCUT2D eigenvalue weighted by molar-refractivity contribution is 4.61. The van der Waals surface area contributed by atoms with Crippen molar-refractivity contribution >= 4 is 0 Å². The molecule has 0 fully saturated rings. The molecule has 0 heterocycles. The van der Waals surface area contributed by atoms with E-state index < -0.39 is 0 Å². The lowest BCUT2D eigenvalue weighted by Crippen LogP contribution is -2.33. The topological polar surface area (TPSA) is 54.5 Å². The molecule has 0 aliphatic rings. The van der Waals surface area contributed by atoms with E-state index in [9.17, 15) is 0 Å². The first-order valence-electron chi connectivity index (χ1n) is 11.2. The van der Waals surface area contributed by atoms with Crippen molar-refractivity contribution in [2.75, 3.05) is 52.6 Å². The molecule has 0 radical (unpaired) electrons. The van der Waals surface area contributed by atoms with Gasteiger partial charge < -0.3 is 25.4 Å². The molecule has 27 heavy (non-hydrogen) atoms. The quantitative estimate of drug-likeness (QED) is 0.279. The molecule has 0 saturated heterocycles. The molecular formula is C22H49N3O2. The van der Waals surface area contributed by atoms with Gasteiger partial charge in [-0.05, 0) is 77.5 Å². The van der Waals surface area contributed by atoms with E-state index in [1.807, 2.05) is 0 Å².